The Labute approximate surface area is 90.8 Å². The van der Waals surface area contributed by atoms with Gasteiger partial charge in [0.1, 0.15) is 5.75 Å². The molecule has 0 amide bonds. The molecule has 1 aromatic rings. The van der Waals surface area contributed by atoms with E-state index < -0.39 is 0 Å². The van der Waals surface area contributed by atoms with Crippen molar-refractivity contribution < 1.29 is 4.74 Å². The molecule has 0 fully saturated rings. The van der Waals surface area contributed by atoms with Crippen LogP contribution in [0.15, 0.2) is 18.2 Å². The van der Waals surface area contributed by atoms with Crippen molar-refractivity contribution in [3.63, 3.8) is 0 Å². The molecule has 0 bridgehead atoms. The molecule has 1 aliphatic heterocycles. The highest BCUT2D eigenvalue weighted by Gasteiger charge is 2.21. The van der Waals surface area contributed by atoms with E-state index in [0.29, 0.717) is 5.92 Å². The number of benzene rings is 1. The van der Waals surface area contributed by atoms with Crippen LogP contribution in [-0.4, -0.2) is 26.7 Å². The lowest BCUT2D eigenvalue weighted by atomic mass is 10.0. The van der Waals surface area contributed by atoms with E-state index in [1.165, 1.54) is 11.3 Å². The first-order chi connectivity index (χ1) is 7.35. The SMILES string of the molecule is CCOc1ccc2c(c1)C(CNC)CN2. The summed E-state index contributed by atoms with van der Waals surface area (Å²) in [6.07, 6.45) is 0. The fourth-order valence-corrected chi connectivity index (χ4v) is 2.07. The van der Waals surface area contributed by atoms with Crippen molar-refractivity contribution in [2.75, 3.05) is 32.1 Å². The van der Waals surface area contributed by atoms with Gasteiger partial charge in [0.05, 0.1) is 6.61 Å². The van der Waals surface area contributed by atoms with E-state index >= 15 is 0 Å². The van der Waals surface area contributed by atoms with Gasteiger partial charge in [0, 0.05) is 24.7 Å². The van der Waals surface area contributed by atoms with Crippen molar-refractivity contribution in [1.82, 2.24) is 5.32 Å². The van der Waals surface area contributed by atoms with Gasteiger partial charge in [-0.05, 0) is 37.7 Å². The van der Waals surface area contributed by atoms with E-state index in [2.05, 4.69) is 22.8 Å². The van der Waals surface area contributed by atoms with E-state index in [1.807, 2.05) is 20.0 Å². The molecule has 0 radical (unpaired) electrons. The zero-order chi connectivity index (χ0) is 10.7. The van der Waals surface area contributed by atoms with E-state index in [1.54, 1.807) is 0 Å². The number of ether oxygens (including phenoxy) is 1. The fourth-order valence-electron chi connectivity index (χ4n) is 2.07. The molecule has 82 valence electrons. The van der Waals surface area contributed by atoms with Gasteiger partial charge in [0.25, 0.3) is 0 Å². The Balaban J connectivity index is 2.21. The maximum absolute atomic E-state index is 5.51. The van der Waals surface area contributed by atoms with Crippen molar-refractivity contribution in [1.29, 1.82) is 0 Å². The molecule has 2 N–H and O–H groups in total. The van der Waals surface area contributed by atoms with Gasteiger partial charge in [-0.15, -0.1) is 0 Å². The second-order valence-electron chi connectivity index (χ2n) is 3.82. The van der Waals surface area contributed by atoms with Crippen molar-refractivity contribution in [2.45, 2.75) is 12.8 Å². The molecule has 0 saturated heterocycles. The zero-order valence-corrected chi connectivity index (χ0v) is 9.34. The van der Waals surface area contributed by atoms with E-state index in [-0.39, 0.29) is 0 Å². The molecule has 2 rings (SSSR count). The topological polar surface area (TPSA) is 33.3 Å². The summed E-state index contributed by atoms with van der Waals surface area (Å²) < 4.78 is 5.51. The third kappa shape index (κ3) is 2.07. The van der Waals surface area contributed by atoms with Gasteiger partial charge in [0.2, 0.25) is 0 Å². The molecule has 1 unspecified atom stereocenters. The first-order valence-electron chi connectivity index (χ1n) is 5.50. The van der Waals surface area contributed by atoms with Crippen LogP contribution >= 0.6 is 0 Å². The monoisotopic (exact) mass is 206 g/mol. The highest BCUT2D eigenvalue weighted by atomic mass is 16.5. The van der Waals surface area contributed by atoms with Crippen LogP contribution in [0, 0.1) is 0 Å². The molecular formula is C12H18N2O. The molecule has 0 spiro atoms. The van der Waals surface area contributed by atoms with Gasteiger partial charge in [-0.3, -0.25) is 0 Å². The number of anilines is 1. The van der Waals surface area contributed by atoms with Crippen LogP contribution in [0.4, 0.5) is 5.69 Å². The summed E-state index contributed by atoms with van der Waals surface area (Å²) in [5.74, 6) is 1.53. The summed E-state index contributed by atoms with van der Waals surface area (Å²) in [6, 6.07) is 6.29. The molecule has 3 nitrogen and oxygen atoms in total. The minimum Gasteiger partial charge on any atom is -0.494 e. The molecule has 15 heavy (non-hydrogen) atoms. The summed E-state index contributed by atoms with van der Waals surface area (Å²) in [5, 5.41) is 6.63. The van der Waals surface area contributed by atoms with Crippen LogP contribution in [0.5, 0.6) is 5.75 Å². The number of fused-ring (bicyclic) bond motifs is 1. The molecule has 0 aromatic heterocycles. The van der Waals surface area contributed by atoms with Gasteiger partial charge < -0.3 is 15.4 Å². The van der Waals surface area contributed by atoms with Gasteiger partial charge >= 0.3 is 0 Å². The lowest BCUT2D eigenvalue weighted by Gasteiger charge is -2.10. The summed E-state index contributed by atoms with van der Waals surface area (Å²) in [5.41, 5.74) is 2.62. The third-order valence-electron chi connectivity index (χ3n) is 2.76. The Bertz CT molecular complexity index is 336. The molecule has 3 heteroatoms. The summed E-state index contributed by atoms with van der Waals surface area (Å²) in [7, 11) is 1.99. The number of likely N-dealkylation sites (N-methyl/N-ethyl adjacent to an activating group) is 1. The number of nitrogens with one attached hydrogen (secondary N) is 2. The molecule has 0 aliphatic carbocycles. The largest absolute Gasteiger partial charge is 0.494 e. The summed E-state index contributed by atoms with van der Waals surface area (Å²) in [4.78, 5) is 0. The lowest BCUT2D eigenvalue weighted by molar-refractivity contribution is 0.340. The standard InChI is InChI=1S/C12H18N2O/c1-3-15-10-4-5-12-11(6-10)9(7-13-2)8-14-12/h4-6,9,13-14H,3,7-8H2,1-2H3. The second-order valence-corrected chi connectivity index (χ2v) is 3.82. The number of hydrogen-bond donors (Lipinski definition) is 2. The number of rotatable bonds is 4. The smallest absolute Gasteiger partial charge is 0.119 e. The first kappa shape index (κ1) is 10.3. The Kier molecular flexibility index (Phi) is 3.11. The molecule has 0 saturated carbocycles. The van der Waals surface area contributed by atoms with Crippen molar-refractivity contribution in [2.24, 2.45) is 0 Å². The maximum Gasteiger partial charge on any atom is 0.119 e. The first-order valence-corrected chi connectivity index (χ1v) is 5.50. The highest BCUT2D eigenvalue weighted by molar-refractivity contribution is 5.60. The zero-order valence-electron chi connectivity index (χ0n) is 9.34. The molecular weight excluding hydrogens is 188 g/mol. The van der Waals surface area contributed by atoms with Crippen LogP contribution in [-0.2, 0) is 0 Å². The molecule has 1 heterocycles. The summed E-state index contributed by atoms with van der Waals surface area (Å²) in [6.45, 7) is 4.76. The Morgan fingerprint density at radius 3 is 3.13 bits per heavy atom. The van der Waals surface area contributed by atoms with Gasteiger partial charge in [-0.25, -0.2) is 0 Å². The van der Waals surface area contributed by atoms with E-state index in [0.717, 1.165) is 25.4 Å². The molecule has 1 aromatic carbocycles. The lowest BCUT2D eigenvalue weighted by Crippen LogP contribution is -2.18. The fraction of sp³-hybridized carbons (Fsp3) is 0.500. The predicted octanol–water partition coefficient (Wildman–Crippen LogP) is 1.81. The average molecular weight is 206 g/mol. The second kappa shape index (κ2) is 4.53. The Hall–Kier alpha value is -1.22. The van der Waals surface area contributed by atoms with Gasteiger partial charge in [0.15, 0.2) is 0 Å². The minimum absolute atomic E-state index is 0.561. The van der Waals surface area contributed by atoms with Crippen molar-refractivity contribution in [3.8, 4) is 5.75 Å². The minimum atomic E-state index is 0.561. The summed E-state index contributed by atoms with van der Waals surface area (Å²) >= 11 is 0. The van der Waals surface area contributed by atoms with Crippen LogP contribution in [0.1, 0.15) is 18.4 Å². The van der Waals surface area contributed by atoms with Crippen LogP contribution < -0.4 is 15.4 Å². The molecule has 1 aliphatic rings. The Morgan fingerprint density at radius 2 is 2.40 bits per heavy atom. The van der Waals surface area contributed by atoms with Crippen LogP contribution in [0.3, 0.4) is 0 Å². The van der Waals surface area contributed by atoms with Crippen molar-refractivity contribution >= 4 is 5.69 Å². The van der Waals surface area contributed by atoms with E-state index in [9.17, 15) is 0 Å². The maximum atomic E-state index is 5.51. The van der Waals surface area contributed by atoms with E-state index in [4.69, 9.17) is 4.74 Å². The van der Waals surface area contributed by atoms with Crippen LogP contribution in [0.25, 0.3) is 0 Å². The van der Waals surface area contributed by atoms with Gasteiger partial charge in [-0.1, -0.05) is 0 Å². The highest BCUT2D eigenvalue weighted by Crippen LogP contribution is 2.33. The van der Waals surface area contributed by atoms with Crippen LogP contribution in [0.2, 0.25) is 0 Å². The average Bonchev–Trinajstić information content (AvgIpc) is 2.63. The molecule has 1 atom stereocenters. The van der Waals surface area contributed by atoms with Gasteiger partial charge in [-0.2, -0.15) is 0 Å². The van der Waals surface area contributed by atoms with Crippen molar-refractivity contribution in [3.05, 3.63) is 23.8 Å². The number of hydrogen-bond acceptors (Lipinski definition) is 3. The Morgan fingerprint density at radius 1 is 1.53 bits per heavy atom. The quantitative estimate of drug-likeness (QED) is 0.788. The normalized spacial score (nSPS) is 18.4. The third-order valence-corrected chi connectivity index (χ3v) is 2.76. The predicted molar refractivity (Wildman–Crippen MR) is 62.8 cm³/mol.